The van der Waals surface area contributed by atoms with E-state index in [-0.39, 0.29) is 0 Å². The van der Waals surface area contributed by atoms with E-state index >= 15 is 0 Å². The predicted molar refractivity (Wildman–Crippen MR) is 261 cm³/mol. The summed E-state index contributed by atoms with van der Waals surface area (Å²) < 4.78 is 0. The third-order valence-electron chi connectivity index (χ3n) is 10.3. The molecule has 0 heterocycles. The van der Waals surface area contributed by atoms with Crippen LogP contribution in [0.1, 0.15) is 16.7 Å². The van der Waals surface area contributed by atoms with Gasteiger partial charge in [0.1, 0.15) is 0 Å². The Labute approximate surface area is 351 Å². The van der Waals surface area contributed by atoms with Gasteiger partial charge >= 0.3 is 0 Å². The van der Waals surface area contributed by atoms with Gasteiger partial charge in [-0.15, -0.1) is 0 Å². The van der Waals surface area contributed by atoms with Crippen LogP contribution in [-0.4, -0.2) is 0 Å². The summed E-state index contributed by atoms with van der Waals surface area (Å²) in [5.74, 6) is 0. The van der Waals surface area contributed by atoms with Crippen LogP contribution >= 0.6 is 11.6 Å². The summed E-state index contributed by atoms with van der Waals surface area (Å²) in [4.78, 5) is 0. The van der Waals surface area contributed by atoms with Crippen molar-refractivity contribution >= 4 is 93.9 Å². The van der Waals surface area contributed by atoms with Crippen molar-refractivity contribution in [1.82, 2.24) is 0 Å². The van der Waals surface area contributed by atoms with Gasteiger partial charge < -0.3 is 28.7 Å². The molecule has 6 heteroatoms. The maximum absolute atomic E-state index is 6.00. The zero-order chi connectivity index (χ0) is 41.9. The van der Waals surface area contributed by atoms with Crippen LogP contribution in [0.5, 0.6) is 0 Å². The highest BCUT2D eigenvalue weighted by molar-refractivity contribution is 6.38. The number of nitrogen functional groups attached to an aromatic ring is 5. The number of rotatable bonds is 0. The lowest BCUT2D eigenvalue weighted by atomic mass is 10.0. The second-order valence-electron chi connectivity index (χ2n) is 14.3. The Balaban J connectivity index is 0.000000124. The van der Waals surface area contributed by atoms with E-state index in [0.717, 1.165) is 55.2 Å². The fourth-order valence-corrected chi connectivity index (χ4v) is 7.06. The fourth-order valence-electron chi connectivity index (χ4n) is 6.82. The highest BCUT2D eigenvalue weighted by Gasteiger charge is 2.02. The van der Waals surface area contributed by atoms with Crippen LogP contribution in [0.3, 0.4) is 0 Å². The molecule has 10 rings (SSSR count). The second kappa shape index (κ2) is 19.3. The van der Waals surface area contributed by atoms with E-state index in [1.807, 2.05) is 122 Å². The molecule has 59 heavy (non-hydrogen) atoms. The van der Waals surface area contributed by atoms with Gasteiger partial charge in [0.15, 0.2) is 0 Å². The Kier molecular flexibility index (Phi) is 13.5. The summed E-state index contributed by atoms with van der Waals surface area (Å²) in [7, 11) is 0. The highest BCUT2D eigenvalue weighted by atomic mass is 35.5. The van der Waals surface area contributed by atoms with Gasteiger partial charge in [0.2, 0.25) is 0 Å². The molecule has 10 aromatic carbocycles. The maximum atomic E-state index is 6.00. The molecule has 0 aromatic heterocycles. The molecule has 294 valence electrons. The topological polar surface area (TPSA) is 130 Å². The van der Waals surface area contributed by atoms with Crippen LogP contribution in [0.2, 0.25) is 5.02 Å². The number of halogens is 1. The van der Waals surface area contributed by atoms with Gasteiger partial charge in [-0.3, -0.25) is 0 Å². The average Bonchev–Trinajstić information content (AvgIpc) is 3.28. The van der Waals surface area contributed by atoms with E-state index in [9.17, 15) is 0 Å². The maximum Gasteiger partial charge on any atom is 0.0713 e. The minimum absolute atomic E-state index is 0.635. The molecule has 0 atom stereocenters. The highest BCUT2D eigenvalue weighted by Crippen LogP contribution is 2.29. The molecule has 10 N–H and O–H groups in total. The lowest BCUT2D eigenvalue weighted by Gasteiger charge is -2.03. The van der Waals surface area contributed by atoms with Crippen molar-refractivity contribution in [3.05, 3.63) is 210 Å². The fraction of sp³-hybridized carbons (Fsp3) is 0.0566. The van der Waals surface area contributed by atoms with Crippen molar-refractivity contribution in [3.63, 3.8) is 0 Å². The Morgan fingerprint density at radius 3 is 1.29 bits per heavy atom. The Hall–Kier alpha value is -7.21. The summed E-state index contributed by atoms with van der Waals surface area (Å²) in [6.07, 6.45) is 0. The van der Waals surface area contributed by atoms with E-state index in [2.05, 4.69) is 86.6 Å². The third kappa shape index (κ3) is 10.0. The second-order valence-corrected chi connectivity index (χ2v) is 14.7. The average molecular weight is 792 g/mol. The molecule has 10 aromatic rings. The molecular weight excluding hydrogens is 742 g/mol. The number of aryl methyl sites for hydroxylation is 3. The van der Waals surface area contributed by atoms with Crippen molar-refractivity contribution in [3.8, 4) is 0 Å². The lowest BCUT2D eigenvalue weighted by Crippen LogP contribution is -1.90. The van der Waals surface area contributed by atoms with Crippen LogP contribution in [0.4, 0.5) is 28.4 Å². The van der Waals surface area contributed by atoms with Gasteiger partial charge in [0, 0.05) is 44.3 Å². The lowest BCUT2D eigenvalue weighted by molar-refractivity contribution is 1.50. The SMILES string of the molecule is Cc1c(N)ccc2ccccc12.Cc1ccc(N)c2ccccc12.Cc1ccc2ccccc2c1N.Nc1ccc2ccccc2c1Cl.Nc1cccc2ccccc12. The molecular formula is C53H50ClN5. The zero-order valence-electron chi connectivity index (χ0n) is 33.7. The van der Waals surface area contributed by atoms with Gasteiger partial charge in [0.05, 0.1) is 10.7 Å². The molecule has 0 fully saturated rings. The van der Waals surface area contributed by atoms with Crippen molar-refractivity contribution in [2.45, 2.75) is 20.8 Å². The molecule has 0 bridgehead atoms. The minimum Gasteiger partial charge on any atom is -0.398 e. The molecule has 0 radical (unpaired) electrons. The Morgan fingerprint density at radius 1 is 0.288 bits per heavy atom. The smallest absolute Gasteiger partial charge is 0.0713 e. The predicted octanol–water partition coefficient (Wildman–Crippen LogP) is 13.7. The largest absolute Gasteiger partial charge is 0.398 e. The molecule has 0 unspecified atom stereocenters. The first kappa shape index (κ1) is 41.4. The molecule has 0 spiro atoms. The number of hydrogen-bond acceptors (Lipinski definition) is 5. The van der Waals surface area contributed by atoms with E-state index in [4.69, 9.17) is 40.3 Å². The van der Waals surface area contributed by atoms with Gasteiger partial charge in [-0.25, -0.2) is 0 Å². The van der Waals surface area contributed by atoms with Crippen molar-refractivity contribution in [1.29, 1.82) is 0 Å². The molecule has 5 nitrogen and oxygen atoms in total. The Morgan fingerprint density at radius 2 is 0.678 bits per heavy atom. The summed E-state index contributed by atoms with van der Waals surface area (Å²) >= 11 is 6.00. The van der Waals surface area contributed by atoms with Crippen LogP contribution in [0.15, 0.2) is 188 Å². The number of nitrogens with two attached hydrogens (primary N) is 5. The van der Waals surface area contributed by atoms with Crippen molar-refractivity contribution in [2.75, 3.05) is 28.7 Å². The van der Waals surface area contributed by atoms with Gasteiger partial charge in [0.25, 0.3) is 0 Å². The van der Waals surface area contributed by atoms with Gasteiger partial charge in [-0.1, -0.05) is 175 Å². The summed E-state index contributed by atoms with van der Waals surface area (Å²) in [5, 5.41) is 12.4. The monoisotopic (exact) mass is 791 g/mol. The van der Waals surface area contributed by atoms with E-state index in [1.165, 1.54) is 38.1 Å². The summed E-state index contributed by atoms with van der Waals surface area (Å²) in [5.41, 5.74) is 36.6. The van der Waals surface area contributed by atoms with E-state index in [0.29, 0.717) is 10.7 Å². The number of fused-ring (bicyclic) bond motifs is 5. The molecule has 0 aliphatic carbocycles. The molecule has 0 saturated heterocycles. The molecule has 0 aliphatic rings. The normalized spacial score (nSPS) is 10.4. The first-order valence-corrected chi connectivity index (χ1v) is 19.8. The summed E-state index contributed by atoms with van der Waals surface area (Å²) in [6, 6.07) is 62.6. The van der Waals surface area contributed by atoms with E-state index < -0.39 is 0 Å². The van der Waals surface area contributed by atoms with Crippen molar-refractivity contribution in [2.24, 2.45) is 0 Å². The minimum atomic E-state index is 0.635. The standard InChI is InChI=1S/3C11H11N.C10H8ClN.C10H9N/c1-8-10-5-3-2-4-9(10)6-7-11(8)12;1-8-6-7-11(12)10-5-3-2-4-9(8)10;1-8-6-7-9-4-2-3-5-10(9)11(8)12;11-10-8-4-2-1-3-7(8)5-6-9(10)12;11-10-7-3-5-8-4-1-2-6-9(8)10/h3*2-7H,12H2,1H3;1-6H,12H2;1-7H,11H2. The van der Waals surface area contributed by atoms with Crippen LogP contribution in [0, 0.1) is 20.8 Å². The van der Waals surface area contributed by atoms with Gasteiger partial charge in [-0.05, 0) is 94.0 Å². The number of hydrogen-bond donors (Lipinski definition) is 5. The van der Waals surface area contributed by atoms with Crippen LogP contribution in [-0.2, 0) is 0 Å². The van der Waals surface area contributed by atoms with Crippen LogP contribution in [0.25, 0.3) is 53.9 Å². The molecule has 0 saturated carbocycles. The van der Waals surface area contributed by atoms with Gasteiger partial charge in [-0.2, -0.15) is 0 Å². The Bertz CT molecular complexity index is 2750. The van der Waals surface area contributed by atoms with Crippen LogP contribution < -0.4 is 28.7 Å². The third-order valence-corrected chi connectivity index (χ3v) is 10.7. The van der Waals surface area contributed by atoms with Crippen molar-refractivity contribution < 1.29 is 0 Å². The number of anilines is 5. The number of benzene rings is 10. The molecule has 0 aliphatic heterocycles. The quantitative estimate of drug-likeness (QED) is 0.0976. The van der Waals surface area contributed by atoms with E-state index in [1.54, 1.807) is 0 Å². The first-order valence-electron chi connectivity index (χ1n) is 19.4. The first-order chi connectivity index (χ1) is 28.5. The summed E-state index contributed by atoms with van der Waals surface area (Å²) in [6.45, 7) is 6.18. The molecule has 0 amide bonds. The zero-order valence-corrected chi connectivity index (χ0v) is 34.4.